The number of nitrogens with one attached hydrogen (secondary N) is 1. The molecule has 2 nitrogen and oxygen atoms in total. The molecule has 1 rings (SSSR count). The van der Waals surface area contributed by atoms with Crippen molar-refractivity contribution in [2.24, 2.45) is 0 Å². The van der Waals surface area contributed by atoms with Gasteiger partial charge in [-0.2, -0.15) is 13.2 Å². The molecule has 1 unspecified atom stereocenters. The van der Waals surface area contributed by atoms with E-state index in [1.807, 2.05) is 0 Å². The molecule has 0 spiro atoms. The summed E-state index contributed by atoms with van der Waals surface area (Å²) in [5, 5.41) is 1.46. The molecule has 0 aliphatic heterocycles. The lowest BCUT2D eigenvalue weighted by atomic mass is 10.1. The molecule has 0 bridgehead atoms. The Hall–Kier alpha value is -0.880. The van der Waals surface area contributed by atoms with E-state index in [-0.39, 0.29) is 16.7 Å². The van der Waals surface area contributed by atoms with E-state index in [9.17, 15) is 18.0 Å². The lowest BCUT2D eigenvalue weighted by Gasteiger charge is -2.09. The highest BCUT2D eigenvalue weighted by atomic mass is 35.5. The fraction of sp³-hybridized carbons (Fsp3) is 0.300. The third-order valence-corrected chi connectivity index (χ3v) is 3.07. The first-order chi connectivity index (χ1) is 7.83. The third-order valence-electron chi connectivity index (χ3n) is 1.88. The van der Waals surface area contributed by atoms with Crippen molar-refractivity contribution in [3.05, 3.63) is 29.8 Å². The van der Waals surface area contributed by atoms with Crippen LogP contribution in [-0.4, -0.2) is 18.5 Å². The second kappa shape index (κ2) is 5.64. The fourth-order valence-corrected chi connectivity index (χ4v) is 1.91. The van der Waals surface area contributed by atoms with Crippen molar-refractivity contribution >= 4 is 29.3 Å². The highest BCUT2D eigenvalue weighted by molar-refractivity contribution is 8.00. The summed E-state index contributed by atoms with van der Waals surface area (Å²) >= 11 is 5.59. The molecule has 0 aliphatic carbocycles. The third kappa shape index (κ3) is 4.47. The number of amides is 1. The van der Waals surface area contributed by atoms with Crippen molar-refractivity contribution in [2.45, 2.75) is 15.8 Å². The highest BCUT2D eigenvalue weighted by Crippen LogP contribution is 2.37. The van der Waals surface area contributed by atoms with E-state index in [1.54, 1.807) is 0 Å². The zero-order valence-corrected chi connectivity index (χ0v) is 10.3. The van der Waals surface area contributed by atoms with Gasteiger partial charge in [-0.05, 0) is 29.5 Å². The van der Waals surface area contributed by atoms with E-state index < -0.39 is 16.8 Å². The zero-order chi connectivity index (χ0) is 13.1. The predicted octanol–water partition coefficient (Wildman–Crippen LogP) is 3.32. The van der Waals surface area contributed by atoms with Crippen molar-refractivity contribution in [1.29, 1.82) is 0 Å². The molecule has 1 aromatic carbocycles. The quantitative estimate of drug-likeness (QED) is 0.681. The molecular formula is C10H9ClF3NOS. The first kappa shape index (κ1) is 14.2. The number of hydrogen-bond donors (Lipinski definition) is 1. The molecule has 0 aliphatic rings. The highest BCUT2D eigenvalue weighted by Gasteiger charge is 2.29. The van der Waals surface area contributed by atoms with E-state index >= 15 is 0 Å². The van der Waals surface area contributed by atoms with Crippen LogP contribution in [0.1, 0.15) is 10.9 Å². The summed E-state index contributed by atoms with van der Waals surface area (Å²) in [6.45, 7) is 0. The molecule has 17 heavy (non-hydrogen) atoms. The second-order valence-electron chi connectivity index (χ2n) is 3.09. The van der Waals surface area contributed by atoms with Crippen LogP contribution in [0.25, 0.3) is 0 Å². The Morgan fingerprint density at radius 2 is 1.88 bits per heavy atom. The molecule has 1 amide bonds. The maximum Gasteiger partial charge on any atom is 0.446 e. The van der Waals surface area contributed by atoms with E-state index in [0.717, 1.165) is 0 Å². The number of hydrogen-bond acceptors (Lipinski definition) is 2. The Morgan fingerprint density at radius 1 is 1.35 bits per heavy atom. The number of likely N-dealkylation sites (N-methyl/N-ethyl adjacent to an activating group) is 1. The van der Waals surface area contributed by atoms with Crippen LogP contribution in [0, 0.1) is 0 Å². The van der Waals surface area contributed by atoms with Gasteiger partial charge in [-0.25, -0.2) is 0 Å². The van der Waals surface area contributed by atoms with Gasteiger partial charge in [0.2, 0.25) is 5.91 Å². The molecule has 1 atom stereocenters. The molecule has 0 aromatic heterocycles. The van der Waals surface area contributed by atoms with E-state index in [2.05, 4.69) is 5.32 Å². The van der Waals surface area contributed by atoms with Crippen molar-refractivity contribution in [1.82, 2.24) is 5.32 Å². The summed E-state index contributed by atoms with van der Waals surface area (Å²) in [4.78, 5) is 11.3. The van der Waals surface area contributed by atoms with Crippen LogP contribution >= 0.6 is 23.4 Å². The minimum atomic E-state index is -4.32. The number of rotatable bonds is 3. The molecule has 0 saturated heterocycles. The molecule has 0 heterocycles. The molecule has 0 saturated carbocycles. The van der Waals surface area contributed by atoms with Crippen LogP contribution in [0.15, 0.2) is 29.2 Å². The number of thioether (sulfide) groups is 1. The summed E-state index contributed by atoms with van der Waals surface area (Å²) in [6, 6.07) is 5.37. The summed E-state index contributed by atoms with van der Waals surface area (Å²) in [7, 11) is 1.44. The van der Waals surface area contributed by atoms with Gasteiger partial charge in [0.1, 0.15) is 5.38 Å². The van der Waals surface area contributed by atoms with Crippen molar-refractivity contribution in [3.8, 4) is 0 Å². The Balaban J connectivity index is 2.78. The normalized spacial score (nSPS) is 13.2. The Morgan fingerprint density at radius 3 is 2.29 bits per heavy atom. The number of carbonyl (C=O) groups is 1. The van der Waals surface area contributed by atoms with Gasteiger partial charge < -0.3 is 5.32 Å². The van der Waals surface area contributed by atoms with Gasteiger partial charge in [-0.1, -0.05) is 12.1 Å². The van der Waals surface area contributed by atoms with E-state index in [4.69, 9.17) is 11.6 Å². The standard InChI is InChI=1S/C10H9ClF3NOS/c1-15-9(16)8(11)6-2-4-7(5-3-6)17-10(12,13)14/h2-5,8H,1H3,(H,15,16). The van der Waals surface area contributed by atoms with Gasteiger partial charge in [0.15, 0.2) is 0 Å². The zero-order valence-electron chi connectivity index (χ0n) is 8.72. The maximum atomic E-state index is 12.1. The topological polar surface area (TPSA) is 29.1 Å². The average molecular weight is 284 g/mol. The Kier molecular flexibility index (Phi) is 4.70. The molecule has 0 fully saturated rings. The van der Waals surface area contributed by atoms with Crippen LogP contribution < -0.4 is 5.32 Å². The van der Waals surface area contributed by atoms with Crippen LogP contribution in [0.3, 0.4) is 0 Å². The number of halogens is 4. The smallest absolute Gasteiger partial charge is 0.358 e. The van der Waals surface area contributed by atoms with Crippen LogP contribution in [0.5, 0.6) is 0 Å². The van der Waals surface area contributed by atoms with Gasteiger partial charge >= 0.3 is 5.51 Å². The molecule has 1 N–H and O–H groups in total. The van der Waals surface area contributed by atoms with Crippen LogP contribution in [0.4, 0.5) is 13.2 Å². The summed E-state index contributed by atoms with van der Waals surface area (Å²) in [5.41, 5.74) is -3.86. The van der Waals surface area contributed by atoms with Gasteiger partial charge in [-0.3, -0.25) is 4.79 Å². The van der Waals surface area contributed by atoms with E-state index in [0.29, 0.717) is 5.56 Å². The molecule has 7 heteroatoms. The monoisotopic (exact) mass is 283 g/mol. The van der Waals surface area contributed by atoms with Gasteiger partial charge in [0.25, 0.3) is 0 Å². The second-order valence-corrected chi connectivity index (χ2v) is 4.67. The minimum absolute atomic E-state index is 0.0574. The number of alkyl halides is 4. The summed E-state index contributed by atoms with van der Waals surface area (Å²) < 4.78 is 36.2. The lowest BCUT2D eigenvalue weighted by molar-refractivity contribution is -0.120. The van der Waals surface area contributed by atoms with E-state index in [1.165, 1.54) is 31.3 Å². The summed E-state index contributed by atoms with van der Waals surface area (Å²) in [5.74, 6) is -0.400. The largest absolute Gasteiger partial charge is 0.446 e. The van der Waals surface area contributed by atoms with Crippen molar-refractivity contribution in [3.63, 3.8) is 0 Å². The van der Waals surface area contributed by atoms with Gasteiger partial charge in [0.05, 0.1) is 0 Å². The average Bonchev–Trinajstić information content (AvgIpc) is 2.26. The Bertz CT molecular complexity index is 394. The fourth-order valence-electron chi connectivity index (χ4n) is 1.12. The van der Waals surface area contributed by atoms with Crippen molar-refractivity contribution in [2.75, 3.05) is 7.05 Å². The van der Waals surface area contributed by atoms with Crippen LogP contribution in [0.2, 0.25) is 0 Å². The van der Waals surface area contributed by atoms with Gasteiger partial charge in [0, 0.05) is 11.9 Å². The lowest BCUT2D eigenvalue weighted by Crippen LogP contribution is -2.22. The Labute approximate surface area is 106 Å². The first-order valence-corrected chi connectivity index (χ1v) is 5.80. The first-order valence-electron chi connectivity index (χ1n) is 4.55. The molecule has 94 valence electrons. The molecule has 1 aromatic rings. The predicted molar refractivity (Wildman–Crippen MR) is 61.0 cm³/mol. The van der Waals surface area contributed by atoms with Crippen molar-refractivity contribution < 1.29 is 18.0 Å². The summed E-state index contributed by atoms with van der Waals surface area (Å²) in [6.07, 6.45) is 0. The van der Waals surface area contributed by atoms with Gasteiger partial charge in [-0.15, -0.1) is 11.6 Å². The van der Waals surface area contributed by atoms with Crippen LogP contribution in [-0.2, 0) is 4.79 Å². The maximum absolute atomic E-state index is 12.1. The number of carbonyl (C=O) groups excluding carboxylic acids is 1. The minimum Gasteiger partial charge on any atom is -0.358 e. The number of benzene rings is 1. The molecule has 0 radical (unpaired) electrons. The SMILES string of the molecule is CNC(=O)C(Cl)c1ccc(SC(F)(F)F)cc1. The molecular weight excluding hydrogens is 275 g/mol.